The number of nitrogens with one attached hydrogen (secondary N) is 2. The Morgan fingerprint density at radius 3 is 2.22 bits per heavy atom. The molecule has 198 valence electrons. The molecule has 3 amide bonds. The van der Waals surface area contributed by atoms with Crippen molar-refractivity contribution in [2.75, 3.05) is 23.7 Å². The highest BCUT2D eigenvalue weighted by Gasteiger charge is 2.24. The van der Waals surface area contributed by atoms with Gasteiger partial charge in [-0.15, -0.1) is 0 Å². The van der Waals surface area contributed by atoms with Crippen molar-refractivity contribution < 1.29 is 9.59 Å². The molecule has 1 aromatic heterocycles. The molecule has 7 nitrogen and oxygen atoms in total. The Bertz CT molecular complexity index is 1250. The molecule has 0 aliphatic heterocycles. The van der Waals surface area contributed by atoms with E-state index in [-0.39, 0.29) is 23.9 Å². The third-order valence-electron chi connectivity index (χ3n) is 6.44. The van der Waals surface area contributed by atoms with Gasteiger partial charge in [0.15, 0.2) is 0 Å². The summed E-state index contributed by atoms with van der Waals surface area (Å²) in [7, 11) is 0. The molecule has 0 saturated carbocycles. The molecule has 3 aromatic rings. The number of para-hydroxylation sites is 1. The van der Waals surface area contributed by atoms with Gasteiger partial charge in [0.25, 0.3) is 0 Å². The predicted molar refractivity (Wildman–Crippen MR) is 152 cm³/mol. The lowest BCUT2D eigenvalue weighted by atomic mass is 9.92. The molecule has 2 aromatic carbocycles. The maximum atomic E-state index is 13.3. The van der Waals surface area contributed by atoms with Crippen LogP contribution in [-0.2, 0) is 10.2 Å². The fourth-order valence-corrected chi connectivity index (χ4v) is 4.22. The second-order valence-electron chi connectivity index (χ2n) is 10.9. The van der Waals surface area contributed by atoms with Crippen molar-refractivity contribution in [3.05, 3.63) is 70.4 Å². The van der Waals surface area contributed by atoms with Crippen LogP contribution in [0.3, 0.4) is 0 Å². The molecule has 0 radical (unpaired) electrons. The Kier molecular flexibility index (Phi) is 8.79. The van der Waals surface area contributed by atoms with Crippen molar-refractivity contribution in [3.63, 3.8) is 0 Å². The highest BCUT2D eigenvalue weighted by molar-refractivity contribution is 5.97. The van der Waals surface area contributed by atoms with E-state index in [0.717, 1.165) is 52.2 Å². The summed E-state index contributed by atoms with van der Waals surface area (Å²) in [6, 6.07) is 13.7. The number of urea groups is 1. The lowest BCUT2D eigenvalue weighted by molar-refractivity contribution is -0.116. The Labute approximate surface area is 221 Å². The first-order valence-electron chi connectivity index (χ1n) is 13.0. The third-order valence-corrected chi connectivity index (χ3v) is 6.44. The van der Waals surface area contributed by atoms with Gasteiger partial charge in [-0.05, 0) is 56.9 Å². The van der Waals surface area contributed by atoms with Crippen LogP contribution in [0.25, 0.3) is 5.69 Å². The van der Waals surface area contributed by atoms with Crippen LogP contribution in [0.5, 0.6) is 0 Å². The summed E-state index contributed by atoms with van der Waals surface area (Å²) in [6.45, 7) is 16.8. The van der Waals surface area contributed by atoms with Crippen molar-refractivity contribution in [2.24, 2.45) is 0 Å². The number of carbonyl (C=O) groups excluding carboxylic acids is 2. The minimum Gasteiger partial charge on any atom is -0.315 e. The molecular formula is C30H41N5O2. The molecule has 0 fully saturated rings. The molecule has 0 aliphatic rings. The number of hydrogen-bond donors (Lipinski definition) is 2. The van der Waals surface area contributed by atoms with Gasteiger partial charge in [-0.25, -0.2) is 9.48 Å². The van der Waals surface area contributed by atoms with Crippen LogP contribution in [0.4, 0.5) is 16.3 Å². The van der Waals surface area contributed by atoms with Crippen LogP contribution in [0, 0.1) is 27.7 Å². The Morgan fingerprint density at radius 2 is 1.62 bits per heavy atom. The first kappa shape index (κ1) is 28.0. The molecule has 1 heterocycles. The van der Waals surface area contributed by atoms with Crippen LogP contribution in [0.1, 0.15) is 68.5 Å². The van der Waals surface area contributed by atoms with Gasteiger partial charge in [0.1, 0.15) is 12.4 Å². The van der Waals surface area contributed by atoms with Gasteiger partial charge >= 0.3 is 6.03 Å². The summed E-state index contributed by atoms with van der Waals surface area (Å²) in [6.07, 6.45) is 1.73. The number of benzene rings is 2. The maximum Gasteiger partial charge on any atom is 0.322 e. The molecule has 0 saturated heterocycles. The van der Waals surface area contributed by atoms with E-state index in [1.165, 1.54) is 0 Å². The number of hydrogen-bond acceptors (Lipinski definition) is 3. The van der Waals surface area contributed by atoms with E-state index in [0.29, 0.717) is 12.4 Å². The van der Waals surface area contributed by atoms with Crippen LogP contribution in [-0.4, -0.2) is 39.7 Å². The van der Waals surface area contributed by atoms with Gasteiger partial charge in [0.2, 0.25) is 5.91 Å². The fraction of sp³-hybridized carbons (Fsp3) is 0.433. The molecule has 0 atom stereocenters. The maximum absolute atomic E-state index is 13.3. The molecule has 0 unspecified atom stereocenters. The Balaban J connectivity index is 1.86. The molecule has 0 bridgehead atoms. The number of nitrogens with zero attached hydrogens (tertiary/aromatic N) is 3. The van der Waals surface area contributed by atoms with E-state index < -0.39 is 0 Å². The largest absolute Gasteiger partial charge is 0.322 e. The SMILES string of the molecule is CCCCN(CC(=O)Nc1cc(C(C)(C)C)nn1-c1ccc(C)cc1C)C(=O)Nc1c(C)cccc1C. The quantitative estimate of drug-likeness (QED) is 0.360. The average molecular weight is 504 g/mol. The third kappa shape index (κ3) is 7.00. The summed E-state index contributed by atoms with van der Waals surface area (Å²) in [5, 5.41) is 10.9. The lowest BCUT2D eigenvalue weighted by Crippen LogP contribution is -2.41. The first-order chi connectivity index (χ1) is 17.4. The minimum atomic E-state index is -0.278. The first-order valence-corrected chi connectivity index (χ1v) is 13.0. The zero-order valence-corrected chi connectivity index (χ0v) is 23.5. The van der Waals surface area contributed by atoms with Crippen molar-refractivity contribution in [1.82, 2.24) is 14.7 Å². The normalized spacial score (nSPS) is 11.4. The highest BCUT2D eigenvalue weighted by Crippen LogP contribution is 2.28. The van der Waals surface area contributed by atoms with Gasteiger partial charge in [-0.2, -0.15) is 5.10 Å². The van der Waals surface area contributed by atoms with Crippen LogP contribution in [0.2, 0.25) is 0 Å². The topological polar surface area (TPSA) is 79.3 Å². The van der Waals surface area contributed by atoms with Crippen LogP contribution in [0.15, 0.2) is 42.5 Å². The van der Waals surface area contributed by atoms with Gasteiger partial charge in [-0.3, -0.25) is 4.79 Å². The molecule has 0 spiro atoms. The van der Waals surface area contributed by atoms with Crippen molar-refractivity contribution in [2.45, 2.75) is 73.6 Å². The number of aromatic nitrogens is 2. The fourth-order valence-electron chi connectivity index (χ4n) is 4.22. The Hall–Kier alpha value is -3.61. The lowest BCUT2D eigenvalue weighted by Gasteiger charge is -2.24. The number of anilines is 2. The van der Waals surface area contributed by atoms with E-state index in [9.17, 15) is 9.59 Å². The number of amides is 3. The van der Waals surface area contributed by atoms with Gasteiger partial charge in [0.05, 0.1) is 11.4 Å². The minimum absolute atomic E-state index is 0.0559. The van der Waals surface area contributed by atoms with E-state index in [4.69, 9.17) is 5.10 Å². The van der Waals surface area contributed by atoms with Gasteiger partial charge < -0.3 is 15.5 Å². The number of unbranched alkanes of at least 4 members (excludes halogenated alkanes) is 1. The van der Waals surface area contributed by atoms with Crippen molar-refractivity contribution in [1.29, 1.82) is 0 Å². The summed E-state index contributed by atoms with van der Waals surface area (Å²) in [5.74, 6) is 0.326. The smallest absolute Gasteiger partial charge is 0.315 e. The molecule has 7 heteroatoms. The predicted octanol–water partition coefficient (Wildman–Crippen LogP) is 6.68. The van der Waals surface area contributed by atoms with E-state index in [1.54, 1.807) is 9.58 Å². The molecule has 37 heavy (non-hydrogen) atoms. The number of aryl methyl sites for hydroxylation is 4. The van der Waals surface area contributed by atoms with Crippen LogP contribution >= 0.6 is 0 Å². The van der Waals surface area contributed by atoms with Crippen molar-refractivity contribution >= 4 is 23.4 Å². The summed E-state index contributed by atoms with van der Waals surface area (Å²) in [4.78, 5) is 28.1. The van der Waals surface area contributed by atoms with Crippen molar-refractivity contribution in [3.8, 4) is 5.69 Å². The summed E-state index contributed by atoms with van der Waals surface area (Å²) >= 11 is 0. The molecular weight excluding hydrogens is 462 g/mol. The number of carbonyl (C=O) groups is 2. The zero-order valence-electron chi connectivity index (χ0n) is 23.5. The summed E-state index contributed by atoms with van der Waals surface area (Å²) in [5.41, 5.74) is 6.58. The van der Waals surface area contributed by atoms with Crippen LogP contribution < -0.4 is 10.6 Å². The second kappa shape index (κ2) is 11.6. The van der Waals surface area contributed by atoms with E-state index in [2.05, 4.69) is 51.3 Å². The second-order valence-corrected chi connectivity index (χ2v) is 10.9. The molecule has 0 aliphatic carbocycles. The molecule has 3 rings (SSSR count). The van der Waals surface area contributed by atoms with E-state index >= 15 is 0 Å². The number of rotatable bonds is 8. The van der Waals surface area contributed by atoms with Gasteiger partial charge in [-0.1, -0.05) is 70.0 Å². The average Bonchev–Trinajstić information content (AvgIpc) is 3.23. The van der Waals surface area contributed by atoms with Gasteiger partial charge in [0, 0.05) is 23.7 Å². The zero-order chi connectivity index (χ0) is 27.3. The highest BCUT2D eigenvalue weighted by atomic mass is 16.2. The summed E-state index contributed by atoms with van der Waals surface area (Å²) < 4.78 is 1.79. The molecule has 2 N–H and O–H groups in total. The standard InChI is InChI=1S/C30H41N5O2/c1-9-10-16-34(29(37)32-28-21(3)12-11-13-22(28)4)19-27(36)31-26-18-25(30(6,7)8)33-35(26)24-15-14-20(2)17-23(24)5/h11-15,17-18H,9-10,16,19H2,1-8H3,(H,31,36)(H,32,37). The van der Waals surface area contributed by atoms with E-state index in [1.807, 2.05) is 57.2 Å². The Morgan fingerprint density at radius 1 is 0.946 bits per heavy atom. The monoisotopic (exact) mass is 503 g/mol.